The number of carboxylic acid groups (broad SMARTS) is 1. The van der Waals surface area contributed by atoms with E-state index in [1.807, 2.05) is 25.1 Å². The first-order valence-corrected chi connectivity index (χ1v) is 10.3. The summed E-state index contributed by atoms with van der Waals surface area (Å²) in [6.07, 6.45) is 1.73. The summed E-state index contributed by atoms with van der Waals surface area (Å²) in [7, 11) is 0. The van der Waals surface area contributed by atoms with E-state index >= 15 is 0 Å². The summed E-state index contributed by atoms with van der Waals surface area (Å²) in [5.74, 6) is -1.14. The van der Waals surface area contributed by atoms with E-state index in [0.717, 1.165) is 22.3 Å². The highest BCUT2D eigenvalue weighted by molar-refractivity contribution is 5.94. The van der Waals surface area contributed by atoms with Crippen LogP contribution in [0.4, 0.5) is 5.69 Å². The van der Waals surface area contributed by atoms with Gasteiger partial charge < -0.3 is 20.0 Å². The predicted molar refractivity (Wildman–Crippen MR) is 113 cm³/mol. The Kier molecular flexibility index (Phi) is 4.44. The molecule has 0 aliphatic carbocycles. The number of rotatable bonds is 3. The minimum absolute atomic E-state index is 0.155. The van der Waals surface area contributed by atoms with Gasteiger partial charge in [0.2, 0.25) is 0 Å². The number of nitrogens with one attached hydrogen (secondary N) is 1. The zero-order valence-corrected chi connectivity index (χ0v) is 17.1. The number of benzene rings is 1. The molecule has 0 radical (unpaired) electrons. The van der Waals surface area contributed by atoms with Crippen molar-refractivity contribution >= 4 is 28.6 Å². The maximum atomic E-state index is 13.1. The molecule has 1 spiro atoms. The summed E-state index contributed by atoms with van der Waals surface area (Å²) in [6.45, 7) is 2.63. The standard InChI is InChI=1S/C22H23N5O4/c1-13-3-2-4-17-19(13)22(21(31)27(17)12-18(28)29)7-9-26(10-8-22)20(30)15-6-5-14-16(24-15)11-23-25-14/h2-6,11,21,31H,7-10,12H2,1H3,(H,23,25)(H,28,29). The number of carbonyl (C=O) groups is 2. The van der Waals surface area contributed by atoms with Gasteiger partial charge in [-0.25, -0.2) is 4.98 Å². The zero-order chi connectivity index (χ0) is 21.8. The van der Waals surface area contributed by atoms with Gasteiger partial charge in [0, 0.05) is 24.2 Å². The Morgan fingerprint density at radius 3 is 2.74 bits per heavy atom. The van der Waals surface area contributed by atoms with Crippen LogP contribution in [0.5, 0.6) is 0 Å². The van der Waals surface area contributed by atoms with Crippen LogP contribution >= 0.6 is 0 Å². The SMILES string of the molecule is Cc1cccc2c1C1(CCN(C(=O)c3ccc4[nH]ncc4n3)CC1)C(O)N2CC(=O)O. The summed E-state index contributed by atoms with van der Waals surface area (Å²) in [5.41, 5.74) is 3.95. The van der Waals surface area contributed by atoms with Crippen LogP contribution in [0.1, 0.15) is 34.5 Å². The minimum atomic E-state index is -0.989. The fourth-order valence-corrected chi connectivity index (χ4v) is 5.14. The number of aliphatic carboxylic acids is 1. The lowest BCUT2D eigenvalue weighted by Gasteiger charge is -2.43. The van der Waals surface area contributed by atoms with E-state index in [2.05, 4.69) is 15.2 Å². The molecule has 2 aliphatic rings. The number of carbonyl (C=O) groups excluding carboxylic acids is 1. The molecule has 1 saturated heterocycles. The molecule has 4 heterocycles. The van der Waals surface area contributed by atoms with E-state index < -0.39 is 17.6 Å². The number of aromatic amines is 1. The molecule has 0 saturated carbocycles. The first-order chi connectivity index (χ1) is 14.9. The topological polar surface area (TPSA) is 123 Å². The van der Waals surface area contributed by atoms with Crippen molar-refractivity contribution in [2.24, 2.45) is 0 Å². The van der Waals surface area contributed by atoms with Crippen LogP contribution in [0.25, 0.3) is 11.0 Å². The fraction of sp³-hybridized carbons (Fsp3) is 0.364. The van der Waals surface area contributed by atoms with Crippen LogP contribution in [0, 0.1) is 6.92 Å². The molecule has 0 bridgehead atoms. The number of H-pyrrole nitrogens is 1. The highest BCUT2D eigenvalue weighted by atomic mass is 16.4. The molecule has 5 rings (SSSR count). The number of aliphatic hydroxyl groups is 1. The number of piperidine rings is 1. The van der Waals surface area contributed by atoms with Gasteiger partial charge in [0.15, 0.2) is 0 Å². The maximum Gasteiger partial charge on any atom is 0.323 e. The predicted octanol–water partition coefficient (Wildman–Crippen LogP) is 1.66. The van der Waals surface area contributed by atoms with E-state index in [1.54, 1.807) is 28.1 Å². The Hall–Kier alpha value is -3.46. The second kappa shape index (κ2) is 7.05. The van der Waals surface area contributed by atoms with Gasteiger partial charge in [-0.2, -0.15) is 5.10 Å². The molecule has 1 atom stereocenters. The van der Waals surface area contributed by atoms with Crippen LogP contribution in [-0.2, 0) is 10.2 Å². The summed E-state index contributed by atoms with van der Waals surface area (Å²) < 4.78 is 0. The van der Waals surface area contributed by atoms with Crippen molar-refractivity contribution in [2.45, 2.75) is 31.4 Å². The van der Waals surface area contributed by atoms with Crippen LogP contribution in [0.2, 0.25) is 0 Å². The van der Waals surface area contributed by atoms with E-state index in [0.29, 0.717) is 37.1 Å². The molecule has 1 unspecified atom stereocenters. The van der Waals surface area contributed by atoms with Gasteiger partial charge in [-0.3, -0.25) is 14.7 Å². The molecule has 31 heavy (non-hydrogen) atoms. The van der Waals surface area contributed by atoms with Gasteiger partial charge in [0.05, 0.1) is 11.7 Å². The van der Waals surface area contributed by atoms with Crippen LogP contribution in [0.3, 0.4) is 0 Å². The molecular formula is C22H23N5O4. The number of fused-ring (bicyclic) bond motifs is 3. The number of amides is 1. The number of aryl methyl sites for hydroxylation is 1. The highest BCUT2D eigenvalue weighted by Gasteiger charge is 2.53. The van der Waals surface area contributed by atoms with Crippen LogP contribution in [0.15, 0.2) is 36.5 Å². The number of pyridine rings is 1. The molecule has 2 aliphatic heterocycles. The highest BCUT2D eigenvalue weighted by Crippen LogP contribution is 2.51. The fourth-order valence-electron chi connectivity index (χ4n) is 5.14. The normalized spacial score (nSPS) is 19.7. The smallest absolute Gasteiger partial charge is 0.323 e. The first kappa shape index (κ1) is 19.5. The largest absolute Gasteiger partial charge is 0.480 e. The number of hydrogen-bond acceptors (Lipinski definition) is 6. The van der Waals surface area contributed by atoms with Crippen LogP contribution in [-0.4, -0.2) is 68.0 Å². The van der Waals surface area contributed by atoms with Gasteiger partial charge in [0.25, 0.3) is 5.91 Å². The molecule has 1 aromatic carbocycles. The second-order valence-corrected chi connectivity index (χ2v) is 8.31. The lowest BCUT2D eigenvalue weighted by Crippen LogP contribution is -2.53. The molecule has 1 fully saturated rings. The van der Waals surface area contributed by atoms with Crippen molar-refractivity contribution in [3.8, 4) is 0 Å². The number of hydrogen-bond donors (Lipinski definition) is 3. The number of aliphatic hydroxyl groups excluding tert-OH is 1. The third kappa shape index (κ3) is 2.96. The van der Waals surface area contributed by atoms with Gasteiger partial charge >= 0.3 is 5.97 Å². The number of carboxylic acids is 1. The Balaban J connectivity index is 1.42. The molecule has 160 valence electrons. The first-order valence-electron chi connectivity index (χ1n) is 10.3. The monoisotopic (exact) mass is 421 g/mol. The Labute approximate surface area is 178 Å². The lowest BCUT2D eigenvalue weighted by atomic mass is 9.71. The van der Waals surface area contributed by atoms with Gasteiger partial charge in [-0.15, -0.1) is 0 Å². The summed E-state index contributed by atoms with van der Waals surface area (Å²) in [6, 6.07) is 9.21. The Morgan fingerprint density at radius 2 is 2.00 bits per heavy atom. The van der Waals surface area contributed by atoms with Gasteiger partial charge in [-0.1, -0.05) is 12.1 Å². The van der Waals surface area contributed by atoms with Crippen molar-refractivity contribution in [2.75, 3.05) is 24.5 Å². The van der Waals surface area contributed by atoms with Crippen molar-refractivity contribution in [1.29, 1.82) is 0 Å². The number of likely N-dealkylation sites (tertiary alicyclic amines) is 1. The lowest BCUT2D eigenvalue weighted by molar-refractivity contribution is -0.136. The maximum absolute atomic E-state index is 13.1. The molecule has 3 aromatic rings. The third-order valence-corrected chi connectivity index (χ3v) is 6.61. The molecule has 9 heteroatoms. The molecular weight excluding hydrogens is 398 g/mol. The van der Waals surface area contributed by atoms with Crippen LogP contribution < -0.4 is 4.90 Å². The quantitative estimate of drug-likeness (QED) is 0.588. The summed E-state index contributed by atoms with van der Waals surface area (Å²) in [4.78, 5) is 32.2. The summed E-state index contributed by atoms with van der Waals surface area (Å²) >= 11 is 0. The summed E-state index contributed by atoms with van der Waals surface area (Å²) in [5, 5.41) is 27.4. The Morgan fingerprint density at radius 1 is 1.23 bits per heavy atom. The molecule has 9 nitrogen and oxygen atoms in total. The minimum Gasteiger partial charge on any atom is -0.480 e. The van der Waals surface area contributed by atoms with Crippen molar-refractivity contribution in [1.82, 2.24) is 20.1 Å². The Bertz CT molecular complexity index is 1180. The molecule has 3 N–H and O–H groups in total. The van der Waals surface area contributed by atoms with Crippen molar-refractivity contribution < 1.29 is 19.8 Å². The van der Waals surface area contributed by atoms with Gasteiger partial charge in [-0.05, 0) is 49.1 Å². The number of anilines is 1. The van der Waals surface area contributed by atoms with Crippen molar-refractivity contribution in [3.05, 3.63) is 53.3 Å². The van der Waals surface area contributed by atoms with E-state index in [-0.39, 0.29) is 12.5 Å². The molecule has 1 amide bonds. The van der Waals surface area contributed by atoms with E-state index in [9.17, 15) is 19.8 Å². The molecule has 2 aromatic heterocycles. The van der Waals surface area contributed by atoms with E-state index in [1.165, 1.54) is 0 Å². The average molecular weight is 421 g/mol. The zero-order valence-electron chi connectivity index (χ0n) is 17.1. The van der Waals surface area contributed by atoms with E-state index in [4.69, 9.17) is 0 Å². The average Bonchev–Trinajstić information content (AvgIpc) is 3.31. The third-order valence-electron chi connectivity index (χ3n) is 6.61. The number of aromatic nitrogens is 3. The number of nitrogens with zero attached hydrogens (tertiary/aromatic N) is 4. The van der Waals surface area contributed by atoms with Crippen molar-refractivity contribution in [3.63, 3.8) is 0 Å². The second-order valence-electron chi connectivity index (χ2n) is 8.31. The van der Waals surface area contributed by atoms with Gasteiger partial charge in [0.1, 0.15) is 24.0 Å².